The molecule has 0 bridgehead atoms. The number of carbonyl (C=O) groups excluding carboxylic acids is 1. The van der Waals surface area contributed by atoms with E-state index in [1.807, 2.05) is 14.5 Å². The first kappa shape index (κ1) is 24.1. The number of nitrogens with zero attached hydrogens (tertiary/aromatic N) is 5. The van der Waals surface area contributed by atoms with E-state index >= 15 is 0 Å². The number of anilines is 1. The lowest BCUT2D eigenvalue weighted by Gasteiger charge is -2.35. The Labute approximate surface area is 202 Å². The maximum atomic E-state index is 13.4. The summed E-state index contributed by atoms with van der Waals surface area (Å²) in [6.45, 7) is 3.02. The lowest BCUT2D eigenvalue weighted by atomic mass is 9.93. The normalized spacial score (nSPS) is 19.9. The van der Waals surface area contributed by atoms with Crippen LogP contribution in [0.1, 0.15) is 65.8 Å². The van der Waals surface area contributed by atoms with Gasteiger partial charge in [-0.15, -0.1) is 0 Å². The van der Waals surface area contributed by atoms with Gasteiger partial charge in [0.15, 0.2) is 5.69 Å². The molecule has 0 aromatic carbocycles. The molecule has 2 saturated heterocycles. The second kappa shape index (κ2) is 9.79. The standard InChI is InChI=1S/C25H32F3N5O2/c26-25(27,28)20-16-29-10-4-22(20)31-11-5-17(6-12-31)7-15-33-21-3-1-2-19(21)23(30-33)24(35)32-13-8-18(34)9-14-32/h4,10,16-18,34H,1-3,5-9,11-15H2. The number of rotatable bonds is 5. The molecule has 190 valence electrons. The number of aryl methyl sites for hydroxylation is 1. The van der Waals surface area contributed by atoms with Crippen LogP contribution in [-0.2, 0) is 25.6 Å². The molecule has 35 heavy (non-hydrogen) atoms. The number of hydrogen-bond donors (Lipinski definition) is 1. The number of halogens is 3. The minimum absolute atomic E-state index is 0.0278. The summed E-state index contributed by atoms with van der Waals surface area (Å²) >= 11 is 0. The van der Waals surface area contributed by atoms with Gasteiger partial charge >= 0.3 is 6.18 Å². The highest BCUT2D eigenvalue weighted by molar-refractivity contribution is 5.94. The average molecular weight is 492 g/mol. The minimum Gasteiger partial charge on any atom is -0.393 e. The van der Waals surface area contributed by atoms with Gasteiger partial charge in [0.25, 0.3) is 5.91 Å². The van der Waals surface area contributed by atoms with Crippen LogP contribution >= 0.6 is 0 Å². The van der Waals surface area contributed by atoms with Crippen molar-refractivity contribution in [1.29, 1.82) is 0 Å². The third-order valence-corrected chi connectivity index (χ3v) is 7.77. The maximum absolute atomic E-state index is 13.4. The summed E-state index contributed by atoms with van der Waals surface area (Å²) in [6, 6.07) is 1.46. The van der Waals surface area contributed by atoms with Crippen molar-refractivity contribution < 1.29 is 23.1 Å². The van der Waals surface area contributed by atoms with Crippen molar-refractivity contribution in [2.45, 2.75) is 70.2 Å². The van der Waals surface area contributed by atoms with E-state index in [-0.39, 0.29) is 17.7 Å². The van der Waals surface area contributed by atoms with Gasteiger partial charge in [0.05, 0.1) is 17.4 Å². The quantitative estimate of drug-likeness (QED) is 0.691. The van der Waals surface area contributed by atoms with Crippen molar-refractivity contribution in [2.75, 3.05) is 31.1 Å². The van der Waals surface area contributed by atoms with Gasteiger partial charge in [0, 0.05) is 56.4 Å². The molecule has 2 aliphatic heterocycles. The number of hydrogen-bond acceptors (Lipinski definition) is 5. The first-order chi connectivity index (χ1) is 16.8. The van der Waals surface area contributed by atoms with Gasteiger partial charge in [0.2, 0.25) is 0 Å². The van der Waals surface area contributed by atoms with E-state index in [4.69, 9.17) is 5.10 Å². The van der Waals surface area contributed by atoms with Crippen molar-refractivity contribution in [3.8, 4) is 0 Å². The molecule has 2 aromatic rings. The Hall–Kier alpha value is -2.62. The highest BCUT2D eigenvalue weighted by atomic mass is 19.4. The Kier molecular flexibility index (Phi) is 6.74. The summed E-state index contributed by atoms with van der Waals surface area (Å²) in [5, 5.41) is 14.5. The van der Waals surface area contributed by atoms with E-state index in [2.05, 4.69) is 4.98 Å². The van der Waals surface area contributed by atoms with E-state index in [1.165, 1.54) is 12.3 Å². The first-order valence-corrected chi connectivity index (χ1v) is 12.6. The van der Waals surface area contributed by atoms with Crippen LogP contribution < -0.4 is 4.90 Å². The molecule has 0 atom stereocenters. The van der Waals surface area contributed by atoms with Crippen molar-refractivity contribution in [3.05, 3.63) is 41.0 Å². The predicted octanol–water partition coefficient (Wildman–Crippen LogP) is 3.69. The molecule has 7 nitrogen and oxygen atoms in total. The van der Waals surface area contributed by atoms with Crippen molar-refractivity contribution in [2.24, 2.45) is 5.92 Å². The van der Waals surface area contributed by atoms with Crippen molar-refractivity contribution in [3.63, 3.8) is 0 Å². The summed E-state index contributed by atoms with van der Waals surface area (Å²) in [5.74, 6) is 0.381. The molecule has 2 fully saturated rings. The monoisotopic (exact) mass is 491 g/mol. The van der Waals surface area contributed by atoms with Gasteiger partial charge in [-0.1, -0.05) is 0 Å². The Bertz CT molecular complexity index is 1050. The number of alkyl halides is 3. The third-order valence-electron chi connectivity index (χ3n) is 7.77. The number of aliphatic hydroxyl groups is 1. The minimum atomic E-state index is -4.41. The van der Waals surface area contributed by atoms with Gasteiger partial charge in [-0.25, -0.2) is 0 Å². The van der Waals surface area contributed by atoms with E-state index in [9.17, 15) is 23.1 Å². The summed E-state index contributed by atoms with van der Waals surface area (Å²) < 4.78 is 42.1. The Morgan fingerprint density at radius 3 is 2.54 bits per heavy atom. The van der Waals surface area contributed by atoms with Crippen molar-refractivity contribution >= 4 is 11.6 Å². The summed E-state index contributed by atoms with van der Waals surface area (Å²) in [4.78, 5) is 20.4. The zero-order valence-electron chi connectivity index (χ0n) is 19.8. The van der Waals surface area contributed by atoms with Crippen LogP contribution in [0.2, 0.25) is 0 Å². The average Bonchev–Trinajstić information content (AvgIpc) is 3.46. The van der Waals surface area contributed by atoms with Crippen LogP contribution in [0.25, 0.3) is 0 Å². The van der Waals surface area contributed by atoms with Gasteiger partial charge < -0.3 is 14.9 Å². The number of amides is 1. The molecule has 5 rings (SSSR count). The van der Waals surface area contributed by atoms with E-state index in [0.717, 1.165) is 62.5 Å². The maximum Gasteiger partial charge on any atom is 0.419 e. The highest BCUT2D eigenvalue weighted by Gasteiger charge is 2.36. The van der Waals surface area contributed by atoms with Gasteiger partial charge in [-0.3, -0.25) is 14.5 Å². The summed E-state index contributed by atoms with van der Waals surface area (Å²) in [6.07, 6.45) is 4.17. The van der Waals surface area contributed by atoms with Crippen LogP contribution in [0.3, 0.4) is 0 Å². The number of aliphatic hydroxyl groups excluding tert-OH is 1. The lowest BCUT2D eigenvalue weighted by molar-refractivity contribution is -0.137. The van der Waals surface area contributed by atoms with Crippen LogP contribution in [0.4, 0.5) is 18.9 Å². The fourth-order valence-corrected chi connectivity index (χ4v) is 5.73. The van der Waals surface area contributed by atoms with E-state index in [0.29, 0.717) is 50.6 Å². The zero-order chi connectivity index (χ0) is 24.6. The molecule has 0 saturated carbocycles. The first-order valence-electron chi connectivity index (χ1n) is 12.6. The van der Waals surface area contributed by atoms with Crippen LogP contribution in [0.5, 0.6) is 0 Å². The van der Waals surface area contributed by atoms with E-state index < -0.39 is 11.7 Å². The Balaban J connectivity index is 1.20. The number of pyridine rings is 1. The molecule has 10 heteroatoms. The highest BCUT2D eigenvalue weighted by Crippen LogP contribution is 2.37. The number of fused-ring (bicyclic) bond motifs is 1. The largest absolute Gasteiger partial charge is 0.419 e. The predicted molar refractivity (Wildman–Crippen MR) is 124 cm³/mol. The topological polar surface area (TPSA) is 74.5 Å². The Morgan fingerprint density at radius 1 is 1.09 bits per heavy atom. The number of carbonyl (C=O) groups is 1. The molecule has 3 aliphatic rings. The van der Waals surface area contributed by atoms with Crippen molar-refractivity contribution in [1.82, 2.24) is 19.7 Å². The number of aromatic nitrogens is 3. The molecular weight excluding hydrogens is 459 g/mol. The SMILES string of the molecule is O=C(c1nn(CCC2CCN(c3ccncc3C(F)(F)F)CC2)c2c1CCC2)N1CCC(O)CC1. The number of likely N-dealkylation sites (tertiary alicyclic amines) is 1. The second-order valence-electron chi connectivity index (χ2n) is 9.98. The smallest absolute Gasteiger partial charge is 0.393 e. The summed E-state index contributed by atoms with van der Waals surface area (Å²) in [7, 11) is 0. The molecule has 1 N–H and O–H groups in total. The van der Waals surface area contributed by atoms with Gasteiger partial charge in [0.1, 0.15) is 0 Å². The van der Waals surface area contributed by atoms with Crippen LogP contribution in [0.15, 0.2) is 18.5 Å². The molecule has 1 aliphatic carbocycles. The lowest BCUT2D eigenvalue weighted by Crippen LogP contribution is -2.40. The zero-order valence-corrected chi connectivity index (χ0v) is 19.8. The van der Waals surface area contributed by atoms with Gasteiger partial charge in [-0.05, 0) is 63.4 Å². The molecule has 0 radical (unpaired) electrons. The van der Waals surface area contributed by atoms with Crippen LogP contribution in [0, 0.1) is 5.92 Å². The molecule has 0 spiro atoms. The molecule has 2 aromatic heterocycles. The number of piperidine rings is 2. The van der Waals surface area contributed by atoms with Gasteiger partial charge in [-0.2, -0.15) is 18.3 Å². The Morgan fingerprint density at radius 2 is 1.83 bits per heavy atom. The van der Waals surface area contributed by atoms with Crippen LogP contribution in [-0.4, -0.2) is 63.0 Å². The molecule has 1 amide bonds. The molecular formula is C25H32F3N5O2. The third kappa shape index (κ3) is 5.03. The summed E-state index contributed by atoms with van der Waals surface area (Å²) in [5.41, 5.74) is 2.35. The molecule has 4 heterocycles. The fourth-order valence-electron chi connectivity index (χ4n) is 5.73. The fraction of sp³-hybridized carbons (Fsp3) is 0.640. The molecule has 0 unspecified atom stereocenters. The van der Waals surface area contributed by atoms with E-state index in [1.54, 1.807) is 0 Å². The second-order valence-corrected chi connectivity index (χ2v) is 9.98.